The molecule has 0 atom stereocenters. The molecule has 0 aliphatic heterocycles. The molecule has 2 aliphatic carbocycles. The molecule has 0 unspecified atom stereocenters. The molecule has 1 spiro atoms. The highest BCUT2D eigenvalue weighted by Crippen LogP contribution is 2.63. The number of benzene rings is 7. The summed E-state index contributed by atoms with van der Waals surface area (Å²) in [5, 5.41) is 0. The van der Waals surface area contributed by atoms with Crippen molar-refractivity contribution in [2.24, 2.45) is 0 Å². The van der Waals surface area contributed by atoms with Crippen molar-refractivity contribution >= 4 is 5.65 Å². The van der Waals surface area contributed by atoms with Crippen LogP contribution >= 0.6 is 0 Å². The molecular weight excluding hydrogens is 707 g/mol. The molecule has 58 heavy (non-hydrogen) atoms. The zero-order valence-corrected chi connectivity index (χ0v) is 31.3. The van der Waals surface area contributed by atoms with Gasteiger partial charge in [0.25, 0.3) is 0 Å². The standard InChI is InChI=1S/C53H33N5/c1-3-16-34(17-4-1)50-55-51(35-18-5-2-6-19-35)57-52(56-50)38-21-15-20-36(32-38)48-49(58-31-14-13-28-47(58)54-48)37-29-30-46-42(33-37)41-24-9-12-27-45(41)53(46)43-25-10-7-22-39(43)40-23-8-11-26-44(40)53/h1-33H. The summed E-state index contributed by atoms with van der Waals surface area (Å²) in [5.41, 5.74) is 17.7. The molecule has 3 aromatic heterocycles. The van der Waals surface area contributed by atoms with E-state index >= 15 is 0 Å². The van der Waals surface area contributed by atoms with Crippen LogP contribution in [0.3, 0.4) is 0 Å². The molecule has 5 nitrogen and oxygen atoms in total. The van der Waals surface area contributed by atoms with Crippen LogP contribution in [0.15, 0.2) is 200 Å². The number of hydrogen-bond donors (Lipinski definition) is 0. The van der Waals surface area contributed by atoms with Gasteiger partial charge in [0, 0.05) is 34.0 Å². The number of rotatable bonds is 5. The predicted molar refractivity (Wildman–Crippen MR) is 232 cm³/mol. The summed E-state index contributed by atoms with van der Waals surface area (Å²) in [4.78, 5) is 20.3. The van der Waals surface area contributed by atoms with Crippen LogP contribution in [-0.4, -0.2) is 24.3 Å². The Kier molecular flexibility index (Phi) is 7.07. The lowest BCUT2D eigenvalue weighted by molar-refractivity contribution is 0.794. The largest absolute Gasteiger partial charge is 0.299 e. The van der Waals surface area contributed by atoms with Gasteiger partial charge in [0.15, 0.2) is 17.5 Å². The molecule has 0 saturated heterocycles. The van der Waals surface area contributed by atoms with E-state index in [1.807, 2.05) is 66.7 Å². The minimum absolute atomic E-state index is 0.393. The maximum Gasteiger partial charge on any atom is 0.164 e. The highest BCUT2D eigenvalue weighted by atomic mass is 15.0. The number of imidazole rings is 1. The number of fused-ring (bicyclic) bond motifs is 11. The Hall–Kier alpha value is -7.76. The molecule has 0 bridgehead atoms. The fourth-order valence-electron chi connectivity index (χ4n) is 9.46. The van der Waals surface area contributed by atoms with Gasteiger partial charge in [-0.1, -0.05) is 170 Å². The van der Waals surface area contributed by atoms with Crippen molar-refractivity contribution < 1.29 is 0 Å². The molecule has 0 N–H and O–H groups in total. The van der Waals surface area contributed by atoms with Crippen LogP contribution in [0.5, 0.6) is 0 Å². The van der Waals surface area contributed by atoms with Gasteiger partial charge in [-0.15, -0.1) is 0 Å². The first kappa shape index (κ1) is 32.5. The normalized spacial score (nSPS) is 13.0. The first-order chi connectivity index (χ1) is 28.8. The highest BCUT2D eigenvalue weighted by molar-refractivity contribution is 5.97. The van der Waals surface area contributed by atoms with Crippen molar-refractivity contribution in [3.8, 4) is 78.9 Å². The topological polar surface area (TPSA) is 56.0 Å². The second-order valence-electron chi connectivity index (χ2n) is 15.0. The molecule has 10 aromatic rings. The molecule has 5 heteroatoms. The van der Waals surface area contributed by atoms with Crippen molar-refractivity contribution in [1.82, 2.24) is 24.3 Å². The first-order valence-corrected chi connectivity index (χ1v) is 19.6. The van der Waals surface area contributed by atoms with Gasteiger partial charge in [0.1, 0.15) is 5.65 Å². The Labute approximate surface area is 335 Å². The second kappa shape index (κ2) is 12.6. The monoisotopic (exact) mass is 739 g/mol. The average Bonchev–Trinajstić information content (AvgIpc) is 3.94. The molecule has 0 fully saturated rings. The number of hydrogen-bond acceptors (Lipinski definition) is 4. The average molecular weight is 740 g/mol. The third-order valence-electron chi connectivity index (χ3n) is 11.9. The van der Waals surface area contributed by atoms with Crippen LogP contribution in [0.4, 0.5) is 0 Å². The van der Waals surface area contributed by atoms with Crippen molar-refractivity contribution in [3.05, 3.63) is 223 Å². The summed E-state index contributed by atoms with van der Waals surface area (Å²) >= 11 is 0. The molecule has 270 valence electrons. The van der Waals surface area contributed by atoms with E-state index < -0.39 is 5.41 Å². The number of nitrogens with zero attached hydrogens (tertiary/aromatic N) is 5. The Morgan fingerprint density at radius 2 is 0.810 bits per heavy atom. The van der Waals surface area contributed by atoms with Gasteiger partial charge in [-0.2, -0.15) is 0 Å². The summed E-state index contributed by atoms with van der Waals surface area (Å²) in [6.45, 7) is 0. The van der Waals surface area contributed by atoms with Gasteiger partial charge >= 0.3 is 0 Å². The van der Waals surface area contributed by atoms with Gasteiger partial charge in [-0.05, 0) is 68.8 Å². The Balaban J connectivity index is 1.04. The minimum Gasteiger partial charge on any atom is -0.299 e. The van der Waals surface area contributed by atoms with Crippen molar-refractivity contribution in [2.75, 3.05) is 0 Å². The number of aromatic nitrogens is 5. The molecule has 7 aromatic carbocycles. The Bertz CT molecular complexity index is 3130. The molecule has 3 heterocycles. The van der Waals surface area contributed by atoms with Crippen LogP contribution in [0.1, 0.15) is 22.3 Å². The summed E-state index contributed by atoms with van der Waals surface area (Å²) in [5.74, 6) is 1.87. The van der Waals surface area contributed by atoms with Gasteiger partial charge < -0.3 is 0 Å². The predicted octanol–water partition coefficient (Wildman–Crippen LogP) is 12.2. The van der Waals surface area contributed by atoms with E-state index in [1.165, 1.54) is 44.5 Å². The summed E-state index contributed by atoms with van der Waals surface area (Å²) in [6, 6.07) is 68.7. The van der Waals surface area contributed by atoms with E-state index in [1.54, 1.807) is 0 Å². The molecular formula is C53H33N5. The van der Waals surface area contributed by atoms with Crippen molar-refractivity contribution in [3.63, 3.8) is 0 Å². The third kappa shape index (κ3) is 4.71. The van der Waals surface area contributed by atoms with Crippen LogP contribution in [0, 0.1) is 0 Å². The van der Waals surface area contributed by atoms with E-state index in [4.69, 9.17) is 19.9 Å². The number of pyridine rings is 1. The lowest BCUT2D eigenvalue weighted by Crippen LogP contribution is -2.25. The van der Waals surface area contributed by atoms with Crippen LogP contribution in [-0.2, 0) is 5.41 Å². The fraction of sp³-hybridized carbons (Fsp3) is 0.0189. The van der Waals surface area contributed by atoms with Gasteiger partial charge in [0.2, 0.25) is 0 Å². The van der Waals surface area contributed by atoms with Gasteiger partial charge in [-0.3, -0.25) is 4.40 Å². The lowest BCUT2D eigenvalue weighted by Gasteiger charge is -2.30. The van der Waals surface area contributed by atoms with E-state index in [2.05, 4.69) is 138 Å². The summed E-state index contributed by atoms with van der Waals surface area (Å²) < 4.78 is 2.21. The quantitative estimate of drug-likeness (QED) is 0.176. The molecule has 0 saturated carbocycles. The van der Waals surface area contributed by atoms with Crippen LogP contribution in [0.25, 0.3) is 84.6 Å². The highest BCUT2D eigenvalue weighted by Gasteiger charge is 2.51. The first-order valence-electron chi connectivity index (χ1n) is 19.6. The second-order valence-corrected chi connectivity index (χ2v) is 15.0. The zero-order chi connectivity index (χ0) is 38.2. The van der Waals surface area contributed by atoms with E-state index in [-0.39, 0.29) is 0 Å². The summed E-state index contributed by atoms with van der Waals surface area (Å²) in [6.07, 6.45) is 2.11. The lowest BCUT2D eigenvalue weighted by atomic mass is 9.70. The molecule has 12 rings (SSSR count). The molecule has 0 amide bonds. The SMILES string of the molecule is c1ccc(-c2nc(-c3ccccc3)nc(-c3cccc(-c4nc5ccccn5c4-c4ccc5c(c4)-c4ccccc4C54c5ccccc5-c5ccccc54)c3)n2)cc1. The Morgan fingerprint density at radius 3 is 1.43 bits per heavy atom. The van der Waals surface area contributed by atoms with E-state index in [0.29, 0.717) is 17.5 Å². The maximum atomic E-state index is 5.30. The van der Waals surface area contributed by atoms with Gasteiger partial charge in [0.05, 0.1) is 16.8 Å². The van der Waals surface area contributed by atoms with Gasteiger partial charge in [-0.25, -0.2) is 19.9 Å². The third-order valence-corrected chi connectivity index (χ3v) is 11.9. The summed E-state index contributed by atoms with van der Waals surface area (Å²) in [7, 11) is 0. The minimum atomic E-state index is -0.393. The maximum absolute atomic E-state index is 5.30. The van der Waals surface area contributed by atoms with Crippen molar-refractivity contribution in [1.29, 1.82) is 0 Å². The van der Waals surface area contributed by atoms with E-state index in [0.717, 1.165) is 44.9 Å². The smallest absolute Gasteiger partial charge is 0.164 e. The fourth-order valence-corrected chi connectivity index (χ4v) is 9.46. The van der Waals surface area contributed by atoms with Crippen LogP contribution in [0.2, 0.25) is 0 Å². The molecule has 0 radical (unpaired) electrons. The zero-order valence-electron chi connectivity index (χ0n) is 31.3. The Morgan fingerprint density at radius 1 is 0.328 bits per heavy atom. The van der Waals surface area contributed by atoms with E-state index in [9.17, 15) is 0 Å². The molecule has 2 aliphatic rings. The van der Waals surface area contributed by atoms with Crippen molar-refractivity contribution in [2.45, 2.75) is 5.41 Å². The van der Waals surface area contributed by atoms with Crippen LogP contribution < -0.4 is 0 Å².